The molecule has 1 aliphatic carbocycles. The average Bonchev–Trinajstić information content (AvgIpc) is 2.45. The van der Waals surface area contributed by atoms with Gasteiger partial charge in [-0.3, -0.25) is 4.79 Å². The van der Waals surface area contributed by atoms with Gasteiger partial charge in [-0.25, -0.2) is 0 Å². The number of rotatable bonds is 2. The fourth-order valence-electron chi connectivity index (χ4n) is 3.31. The molecule has 0 bridgehead atoms. The van der Waals surface area contributed by atoms with Crippen LogP contribution in [0.15, 0.2) is 24.3 Å². The lowest BCUT2D eigenvalue weighted by Crippen LogP contribution is -2.54. The fourth-order valence-corrected chi connectivity index (χ4v) is 3.57. The van der Waals surface area contributed by atoms with Gasteiger partial charge in [-0.15, -0.1) is 0 Å². The molecule has 2 fully saturated rings. The average molecular weight is 309 g/mol. The number of anilines is 1. The number of aliphatic hydroxyl groups is 1. The number of hydrogen-bond acceptors (Lipinski definition) is 3. The first-order valence-electron chi connectivity index (χ1n) is 7.47. The predicted octanol–water partition coefficient (Wildman–Crippen LogP) is 2.15. The van der Waals surface area contributed by atoms with Gasteiger partial charge in [0, 0.05) is 32.1 Å². The van der Waals surface area contributed by atoms with E-state index in [1.807, 2.05) is 29.2 Å². The van der Waals surface area contributed by atoms with E-state index >= 15 is 0 Å². The molecule has 21 heavy (non-hydrogen) atoms. The van der Waals surface area contributed by atoms with Crippen molar-refractivity contribution < 1.29 is 9.90 Å². The number of piperazine rings is 1. The van der Waals surface area contributed by atoms with Crippen molar-refractivity contribution in [3.05, 3.63) is 29.3 Å². The van der Waals surface area contributed by atoms with Crippen LogP contribution in [0.1, 0.15) is 19.8 Å². The summed E-state index contributed by atoms with van der Waals surface area (Å²) in [5.41, 5.74) is 0.400. The standard InChI is InChI=1S/C16H21ClN2O2/c1-16(21)10-12(11-16)15(20)19-8-6-18(7-9-19)14-5-3-2-4-13(14)17/h2-5,12,21H,6-11H2,1H3. The lowest BCUT2D eigenvalue weighted by atomic mass is 9.71. The van der Waals surface area contributed by atoms with Crippen LogP contribution in [0.2, 0.25) is 5.02 Å². The first-order valence-corrected chi connectivity index (χ1v) is 7.85. The highest BCUT2D eigenvalue weighted by Gasteiger charge is 2.44. The van der Waals surface area contributed by atoms with E-state index in [1.54, 1.807) is 6.92 Å². The lowest BCUT2D eigenvalue weighted by molar-refractivity contribution is -0.149. The molecule has 1 heterocycles. The van der Waals surface area contributed by atoms with Gasteiger partial charge in [-0.1, -0.05) is 23.7 Å². The lowest BCUT2D eigenvalue weighted by Gasteiger charge is -2.44. The molecule has 5 heteroatoms. The zero-order chi connectivity index (χ0) is 15.0. The van der Waals surface area contributed by atoms with Gasteiger partial charge in [0.15, 0.2) is 0 Å². The smallest absolute Gasteiger partial charge is 0.226 e. The molecule has 1 aromatic carbocycles. The number of para-hydroxylation sites is 1. The highest BCUT2D eigenvalue weighted by Crippen LogP contribution is 2.38. The molecule has 0 atom stereocenters. The van der Waals surface area contributed by atoms with Crippen molar-refractivity contribution in [2.24, 2.45) is 5.92 Å². The Morgan fingerprint density at radius 1 is 1.24 bits per heavy atom. The maximum absolute atomic E-state index is 12.3. The highest BCUT2D eigenvalue weighted by molar-refractivity contribution is 6.33. The van der Waals surface area contributed by atoms with E-state index in [9.17, 15) is 9.90 Å². The van der Waals surface area contributed by atoms with Gasteiger partial charge >= 0.3 is 0 Å². The molecule has 0 radical (unpaired) electrons. The first kappa shape index (κ1) is 14.7. The summed E-state index contributed by atoms with van der Waals surface area (Å²) in [5, 5.41) is 10.5. The molecule has 1 saturated heterocycles. The van der Waals surface area contributed by atoms with Crippen molar-refractivity contribution in [1.82, 2.24) is 4.90 Å². The minimum atomic E-state index is -0.639. The van der Waals surface area contributed by atoms with Gasteiger partial charge in [0.05, 0.1) is 16.3 Å². The molecule has 3 rings (SSSR count). The molecule has 4 nitrogen and oxygen atoms in total. The molecular weight excluding hydrogens is 288 g/mol. The van der Waals surface area contributed by atoms with Gasteiger partial charge in [-0.05, 0) is 31.9 Å². The number of halogens is 1. The summed E-state index contributed by atoms with van der Waals surface area (Å²) in [6, 6.07) is 7.82. The molecule has 114 valence electrons. The summed E-state index contributed by atoms with van der Waals surface area (Å²) in [6.45, 7) is 4.86. The van der Waals surface area contributed by atoms with Crippen LogP contribution < -0.4 is 4.90 Å². The molecule has 1 aromatic rings. The molecule has 1 aliphatic heterocycles. The van der Waals surface area contributed by atoms with Gasteiger partial charge < -0.3 is 14.9 Å². The highest BCUT2D eigenvalue weighted by atomic mass is 35.5. The minimum absolute atomic E-state index is 0.00635. The van der Waals surface area contributed by atoms with Gasteiger partial charge in [0.1, 0.15) is 0 Å². The van der Waals surface area contributed by atoms with E-state index in [4.69, 9.17) is 11.6 Å². The van der Waals surface area contributed by atoms with Crippen molar-refractivity contribution >= 4 is 23.2 Å². The Morgan fingerprint density at radius 3 is 2.43 bits per heavy atom. The van der Waals surface area contributed by atoms with E-state index in [1.165, 1.54) is 0 Å². The molecule has 1 amide bonds. The molecule has 1 saturated carbocycles. The Labute approximate surface area is 130 Å². The van der Waals surface area contributed by atoms with Gasteiger partial charge in [0.2, 0.25) is 5.91 Å². The third-order valence-electron chi connectivity index (χ3n) is 4.51. The maximum Gasteiger partial charge on any atom is 0.226 e. The second-order valence-corrected chi connectivity index (χ2v) is 6.77. The van der Waals surface area contributed by atoms with Crippen LogP contribution in [0, 0.1) is 5.92 Å². The van der Waals surface area contributed by atoms with E-state index in [0.29, 0.717) is 12.8 Å². The number of carbonyl (C=O) groups excluding carboxylic acids is 1. The largest absolute Gasteiger partial charge is 0.390 e. The summed E-state index contributed by atoms with van der Waals surface area (Å²) in [5.74, 6) is 0.201. The molecule has 2 aliphatic rings. The monoisotopic (exact) mass is 308 g/mol. The summed E-state index contributed by atoms with van der Waals surface area (Å²) in [6.07, 6.45) is 1.19. The molecule has 0 spiro atoms. The van der Waals surface area contributed by atoms with Crippen LogP contribution in [-0.4, -0.2) is 47.7 Å². The van der Waals surface area contributed by atoms with Crippen molar-refractivity contribution in [2.75, 3.05) is 31.1 Å². The van der Waals surface area contributed by atoms with E-state index in [0.717, 1.165) is 36.9 Å². The van der Waals surface area contributed by atoms with Crippen molar-refractivity contribution in [2.45, 2.75) is 25.4 Å². The summed E-state index contributed by atoms with van der Waals surface area (Å²) in [7, 11) is 0. The zero-order valence-electron chi connectivity index (χ0n) is 12.3. The van der Waals surface area contributed by atoms with Crippen LogP contribution >= 0.6 is 11.6 Å². The topological polar surface area (TPSA) is 43.8 Å². The fraction of sp³-hybridized carbons (Fsp3) is 0.562. The third kappa shape index (κ3) is 3.01. The maximum atomic E-state index is 12.3. The van der Waals surface area contributed by atoms with Crippen LogP contribution in [0.4, 0.5) is 5.69 Å². The molecule has 0 aromatic heterocycles. The normalized spacial score (nSPS) is 29.2. The van der Waals surface area contributed by atoms with Crippen LogP contribution in [0.25, 0.3) is 0 Å². The van der Waals surface area contributed by atoms with Crippen molar-refractivity contribution in [3.63, 3.8) is 0 Å². The third-order valence-corrected chi connectivity index (χ3v) is 4.83. The van der Waals surface area contributed by atoms with Crippen molar-refractivity contribution in [3.8, 4) is 0 Å². The number of amides is 1. The quantitative estimate of drug-likeness (QED) is 0.910. The molecular formula is C16H21ClN2O2. The van der Waals surface area contributed by atoms with E-state index in [-0.39, 0.29) is 11.8 Å². The van der Waals surface area contributed by atoms with E-state index < -0.39 is 5.60 Å². The second-order valence-electron chi connectivity index (χ2n) is 6.37. The summed E-state index contributed by atoms with van der Waals surface area (Å²) in [4.78, 5) is 16.5. The summed E-state index contributed by atoms with van der Waals surface area (Å²) >= 11 is 6.22. The first-order chi connectivity index (χ1) is 9.96. The predicted molar refractivity (Wildman–Crippen MR) is 83.6 cm³/mol. The van der Waals surface area contributed by atoms with Gasteiger partial charge in [0.25, 0.3) is 0 Å². The van der Waals surface area contributed by atoms with Gasteiger partial charge in [-0.2, -0.15) is 0 Å². The van der Waals surface area contributed by atoms with Crippen LogP contribution in [-0.2, 0) is 4.79 Å². The number of benzene rings is 1. The second kappa shape index (κ2) is 5.50. The Morgan fingerprint density at radius 2 is 1.86 bits per heavy atom. The van der Waals surface area contributed by atoms with E-state index in [2.05, 4.69) is 4.90 Å². The number of carbonyl (C=O) groups is 1. The Kier molecular flexibility index (Phi) is 3.84. The Balaban J connectivity index is 1.56. The minimum Gasteiger partial charge on any atom is -0.390 e. The van der Waals surface area contributed by atoms with Crippen LogP contribution in [0.3, 0.4) is 0 Å². The Bertz CT molecular complexity index is 531. The summed E-state index contributed by atoms with van der Waals surface area (Å²) < 4.78 is 0. The number of nitrogens with zero attached hydrogens (tertiary/aromatic N) is 2. The number of hydrogen-bond donors (Lipinski definition) is 1. The van der Waals surface area contributed by atoms with Crippen molar-refractivity contribution in [1.29, 1.82) is 0 Å². The van der Waals surface area contributed by atoms with Crippen LogP contribution in [0.5, 0.6) is 0 Å². The molecule has 0 unspecified atom stereocenters. The zero-order valence-corrected chi connectivity index (χ0v) is 13.0. The Hall–Kier alpha value is -1.26. The SMILES string of the molecule is CC1(O)CC(C(=O)N2CCN(c3ccccc3Cl)CC2)C1. The molecule has 1 N–H and O–H groups in total.